The molecule has 1 N–H and O–H groups in total. The number of rotatable bonds is 6. The predicted molar refractivity (Wildman–Crippen MR) is 108 cm³/mol. The van der Waals surface area contributed by atoms with Gasteiger partial charge in [0, 0.05) is 18.6 Å². The molecule has 0 atom stereocenters. The van der Waals surface area contributed by atoms with Crippen LogP contribution in [0.25, 0.3) is 0 Å². The summed E-state index contributed by atoms with van der Waals surface area (Å²) < 4.78 is 48.5. The Hall–Kier alpha value is -3.66. The van der Waals surface area contributed by atoms with Crippen molar-refractivity contribution in [3.05, 3.63) is 76.7 Å². The molecule has 0 amide bonds. The maximum atomic E-state index is 12.7. The Labute approximate surface area is 179 Å². The van der Waals surface area contributed by atoms with Crippen LogP contribution in [0, 0.1) is 0 Å². The predicted octanol–water partition coefficient (Wildman–Crippen LogP) is 4.82. The second-order valence-electron chi connectivity index (χ2n) is 5.96. The van der Waals surface area contributed by atoms with Gasteiger partial charge in [0.25, 0.3) is 0 Å². The number of methoxy groups -OCH3 is 1. The van der Waals surface area contributed by atoms with Gasteiger partial charge in [-0.1, -0.05) is 11.6 Å². The molecule has 0 spiro atoms. The van der Waals surface area contributed by atoms with Crippen molar-refractivity contribution in [3.63, 3.8) is 0 Å². The molecule has 2 heterocycles. The molecule has 0 fully saturated rings. The van der Waals surface area contributed by atoms with Crippen LogP contribution in [0.2, 0.25) is 5.02 Å². The summed E-state index contributed by atoms with van der Waals surface area (Å²) in [6.07, 6.45) is 0.384. The summed E-state index contributed by atoms with van der Waals surface area (Å²) in [5.74, 6) is -0.182. The molecule has 0 radical (unpaired) electrons. The highest BCUT2D eigenvalue weighted by atomic mass is 35.5. The van der Waals surface area contributed by atoms with Crippen molar-refractivity contribution < 1.29 is 27.4 Å². The third-order valence-electron chi connectivity index (χ3n) is 3.84. The van der Waals surface area contributed by atoms with Gasteiger partial charge >= 0.3 is 12.1 Å². The van der Waals surface area contributed by atoms with Crippen LogP contribution < -0.4 is 14.9 Å². The minimum absolute atomic E-state index is 0.0418. The molecular formula is C20H14ClF3N4O3. The summed E-state index contributed by atoms with van der Waals surface area (Å²) in [7, 11) is 1.40. The SMILES string of the molecule is COc1cc(C=NNc2ncc(C(F)(F)F)cc2Cl)ccc1OC(=O)c1cccnc1. The average Bonchev–Trinajstić information content (AvgIpc) is 2.75. The Morgan fingerprint density at radius 2 is 2.00 bits per heavy atom. The molecule has 3 rings (SSSR count). The summed E-state index contributed by atoms with van der Waals surface area (Å²) >= 11 is 5.81. The van der Waals surface area contributed by atoms with Gasteiger partial charge in [-0.15, -0.1) is 0 Å². The minimum Gasteiger partial charge on any atom is -0.493 e. The fourth-order valence-electron chi connectivity index (χ4n) is 2.33. The number of nitrogens with one attached hydrogen (secondary N) is 1. The number of hydrogen-bond donors (Lipinski definition) is 1. The third-order valence-corrected chi connectivity index (χ3v) is 4.13. The Morgan fingerprint density at radius 3 is 2.65 bits per heavy atom. The number of hydrazone groups is 1. The molecule has 7 nitrogen and oxygen atoms in total. The molecule has 0 aliphatic rings. The number of carbonyl (C=O) groups excluding carboxylic acids is 1. The zero-order valence-corrected chi connectivity index (χ0v) is 16.6. The summed E-state index contributed by atoms with van der Waals surface area (Å²) in [5, 5.41) is 3.67. The molecule has 0 unspecified atom stereocenters. The van der Waals surface area contributed by atoms with Gasteiger partial charge in [0.15, 0.2) is 17.3 Å². The number of hydrogen-bond acceptors (Lipinski definition) is 7. The number of nitrogens with zero attached hydrogens (tertiary/aromatic N) is 3. The lowest BCUT2D eigenvalue weighted by Gasteiger charge is -2.10. The van der Waals surface area contributed by atoms with Crippen LogP contribution in [0.4, 0.5) is 19.0 Å². The smallest absolute Gasteiger partial charge is 0.417 e. The Bertz CT molecular complexity index is 1110. The lowest BCUT2D eigenvalue weighted by Crippen LogP contribution is -2.09. The summed E-state index contributed by atoms with van der Waals surface area (Å²) in [6.45, 7) is 0. The Balaban J connectivity index is 1.70. The van der Waals surface area contributed by atoms with E-state index in [1.807, 2.05) is 0 Å². The molecule has 31 heavy (non-hydrogen) atoms. The number of benzene rings is 1. The van der Waals surface area contributed by atoms with Crippen LogP contribution in [0.3, 0.4) is 0 Å². The number of pyridine rings is 2. The number of anilines is 1. The Morgan fingerprint density at radius 1 is 1.19 bits per heavy atom. The van der Waals surface area contributed by atoms with Gasteiger partial charge in [-0.3, -0.25) is 10.4 Å². The van der Waals surface area contributed by atoms with Crippen molar-refractivity contribution in [2.24, 2.45) is 5.10 Å². The first kappa shape index (κ1) is 22.0. The first-order chi connectivity index (χ1) is 14.8. The maximum Gasteiger partial charge on any atom is 0.417 e. The molecule has 11 heteroatoms. The number of ether oxygens (including phenoxy) is 2. The zero-order valence-electron chi connectivity index (χ0n) is 15.9. The second-order valence-corrected chi connectivity index (χ2v) is 6.37. The van der Waals surface area contributed by atoms with E-state index < -0.39 is 17.7 Å². The van der Waals surface area contributed by atoms with Crippen molar-refractivity contribution in [1.82, 2.24) is 9.97 Å². The molecule has 0 bridgehead atoms. The van der Waals surface area contributed by atoms with Crippen molar-refractivity contribution in [2.45, 2.75) is 6.18 Å². The Kier molecular flexibility index (Phi) is 6.71. The van der Waals surface area contributed by atoms with Crippen LogP contribution in [-0.2, 0) is 6.18 Å². The highest BCUT2D eigenvalue weighted by molar-refractivity contribution is 6.32. The average molecular weight is 451 g/mol. The van der Waals surface area contributed by atoms with Gasteiger partial charge < -0.3 is 9.47 Å². The third kappa shape index (κ3) is 5.70. The standard InChI is InChI=1S/C20H14ClF3N4O3/c1-30-17-7-12(4-5-16(17)31-19(29)13-3-2-6-25-10-13)9-27-28-18-15(21)8-14(11-26-18)20(22,23)24/h2-11H,1H3,(H,26,28). The van der Waals surface area contributed by atoms with E-state index in [4.69, 9.17) is 21.1 Å². The monoisotopic (exact) mass is 450 g/mol. The van der Waals surface area contributed by atoms with Crippen LogP contribution >= 0.6 is 11.6 Å². The number of alkyl halides is 3. The van der Waals surface area contributed by atoms with Crippen LogP contribution in [0.15, 0.2) is 60.1 Å². The fraction of sp³-hybridized carbons (Fsp3) is 0.100. The lowest BCUT2D eigenvalue weighted by molar-refractivity contribution is -0.137. The highest BCUT2D eigenvalue weighted by Crippen LogP contribution is 2.32. The summed E-state index contributed by atoms with van der Waals surface area (Å²) in [5.41, 5.74) is 2.33. The first-order valence-electron chi connectivity index (χ1n) is 8.60. The fourth-order valence-corrected chi connectivity index (χ4v) is 2.54. The van der Waals surface area contributed by atoms with Gasteiger partial charge in [-0.05, 0) is 42.0 Å². The highest BCUT2D eigenvalue weighted by Gasteiger charge is 2.31. The van der Waals surface area contributed by atoms with E-state index in [0.29, 0.717) is 11.8 Å². The first-order valence-corrected chi connectivity index (χ1v) is 8.98. The van der Waals surface area contributed by atoms with E-state index in [0.717, 1.165) is 6.07 Å². The van der Waals surface area contributed by atoms with Gasteiger partial charge in [-0.25, -0.2) is 9.78 Å². The number of aromatic nitrogens is 2. The van der Waals surface area contributed by atoms with E-state index in [-0.39, 0.29) is 27.9 Å². The summed E-state index contributed by atoms with van der Waals surface area (Å²) in [6, 6.07) is 8.59. The molecule has 0 saturated heterocycles. The van der Waals surface area contributed by atoms with Gasteiger partial charge in [0.05, 0.1) is 29.5 Å². The van der Waals surface area contributed by atoms with Crippen molar-refractivity contribution in [1.29, 1.82) is 0 Å². The minimum atomic E-state index is -4.54. The molecule has 2 aromatic heterocycles. The van der Waals surface area contributed by atoms with Crippen LogP contribution in [0.5, 0.6) is 11.5 Å². The zero-order chi connectivity index (χ0) is 22.4. The molecular weight excluding hydrogens is 437 g/mol. The van der Waals surface area contributed by atoms with Gasteiger partial charge in [0.1, 0.15) is 0 Å². The molecule has 0 aliphatic heterocycles. The largest absolute Gasteiger partial charge is 0.493 e. The quantitative estimate of drug-likeness (QED) is 0.251. The van der Waals surface area contributed by atoms with E-state index in [1.54, 1.807) is 24.3 Å². The topological polar surface area (TPSA) is 85.7 Å². The van der Waals surface area contributed by atoms with E-state index in [9.17, 15) is 18.0 Å². The number of carbonyl (C=O) groups is 1. The van der Waals surface area contributed by atoms with E-state index in [1.165, 1.54) is 31.8 Å². The van der Waals surface area contributed by atoms with Gasteiger partial charge in [0.2, 0.25) is 0 Å². The van der Waals surface area contributed by atoms with Crippen molar-refractivity contribution >= 4 is 29.6 Å². The van der Waals surface area contributed by atoms with E-state index >= 15 is 0 Å². The maximum absolute atomic E-state index is 12.7. The molecule has 3 aromatic rings. The molecule has 1 aromatic carbocycles. The van der Waals surface area contributed by atoms with Gasteiger partial charge in [-0.2, -0.15) is 18.3 Å². The summed E-state index contributed by atoms with van der Waals surface area (Å²) in [4.78, 5) is 19.7. The normalized spacial score (nSPS) is 11.4. The van der Waals surface area contributed by atoms with Crippen molar-refractivity contribution in [2.75, 3.05) is 12.5 Å². The molecule has 0 saturated carbocycles. The van der Waals surface area contributed by atoms with E-state index in [2.05, 4.69) is 20.5 Å². The molecule has 160 valence electrons. The number of esters is 1. The lowest BCUT2D eigenvalue weighted by atomic mass is 10.2. The van der Waals surface area contributed by atoms with Crippen molar-refractivity contribution in [3.8, 4) is 11.5 Å². The number of halogens is 4. The molecule has 0 aliphatic carbocycles. The van der Waals surface area contributed by atoms with Crippen LogP contribution in [0.1, 0.15) is 21.5 Å². The van der Waals surface area contributed by atoms with Crippen LogP contribution in [-0.4, -0.2) is 29.3 Å². The second kappa shape index (κ2) is 9.43.